The van der Waals surface area contributed by atoms with E-state index in [1.165, 1.54) is 0 Å². The molecule has 0 bridgehead atoms. The summed E-state index contributed by atoms with van der Waals surface area (Å²) in [6.07, 6.45) is 3.04. The Morgan fingerprint density at radius 2 is 2.30 bits per heavy atom. The molecule has 1 aliphatic carbocycles. The lowest BCUT2D eigenvalue weighted by Crippen LogP contribution is -2.38. The maximum Gasteiger partial charge on any atom is 0.156 e. The Kier molecular flexibility index (Phi) is 2.32. The summed E-state index contributed by atoms with van der Waals surface area (Å²) in [5.41, 5.74) is 0. The van der Waals surface area contributed by atoms with E-state index in [0.29, 0.717) is 12.8 Å². The first-order valence-electron chi connectivity index (χ1n) is 3.52. The molecule has 3 heteroatoms. The van der Waals surface area contributed by atoms with Crippen LogP contribution in [0.25, 0.3) is 0 Å². The van der Waals surface area contributed by atoms with E-state index in [0.717, 1.165) is 12.8 Å². The molecule has 0 aromatic rings. The van der Waals surface area contributed by atoms with E-state index in [9.17, 15) is 4.79 Å². The Hall–Kier alpha value is -0.0800. The van der Waals surface area contributed by atoms with Crippen LogP contribution in [0.4, 0.5) is 0 Å². The van der Waals surface area contributed by atoms with E-state index in [2.05, 4.69) is 0 Å². The number of rotatable bonds is 1. The largest absolute Gasteiger partial charge is 0.394 e. The van der Waals surface area contributed by atoms with Crippen molar-refractivity contribution in [2.75, 3.05) is 6.61 Å². The van der Waals surface area contributed by atoms with Gasteiger partial charge in [0, 0.05) is 6.42 Å². The van der Waals surface area contributed by atoms with Gasteiger partial charge in [-0.2, -0.15) is 0 Å². The quantitative estimate of drug-likeness (QED) is 0.587. The van der Waals surface area contributed by atoms with Crippen LogP contribution in [0, 0.1) is 0 Å². The van der Waals surface area contributed by atoms with E-state index >= 15 is 0 Å². The van der Waals surface area contributed by atoms with Crippen LogP contribution < -0.4 is 0 Å². The number of hydrogen-bond donors (Lipinski definition) is 1. The highest BCUT2D eigenvalue weighted by atomic mass is 35.5. The van der Waals surface area contributed by atoms with Gasteiger partial charge in [0.1, 0.15) is 4.87 Å². The van der Waals surface area contributed by atoms with Gasteiger partial charge in [-0.1, -0.05) is 6.42 Å². The van der Waals surface area contributed by atoms with Crippen LogP contribution in [0.2, 0.25) is 0 Å². The Morgan fingerprint density at radius 3 is 2.70 bits per heavy atom. The van der Waals surface area contributed by atoms with Crippen LogP contribution in [0.15, 0.2) is 0 Å². The van der Waals surface area contributed by atoms with Gasteiger partial charge in [0.25, 0.3) is 0 Å². The minimum absolute atomic E-state index is 0.00270. The Labute approximate surface area is 65.2 Å². The summed E-state index contributed by atoms with van der Waals surface area (Å²) < 4.78 is 0. The van der Waals surface area contributed by atoms with Gasteiger partial charge < -0.3 is 5.11 Å². The number of Topliss-reactive ketones (excluding diaryl/α,β-unsaturated/α-hetero) is 1. The van der Waals surface area contributed by atoms with Crippen molar-refractivity contribution in [1.82, 2.24) is 0 Å². The molecule has 0 aromatic carbocycles. The predicted octanol–water partition coefficient (Wildman–Crippen LogP) is 1.10. The maximum atomic E-state index is 11.1. The number of aliphatic hydroxyl groups is 1. The van der Waals surface area contributed by atoms with Crippen LogP contribution in [0.1, 0.15) is 25.7 Å². The van der Waals surface area contributed by atoms with Gasteiger partial charge in [0.05, 0.1) is 6.61 Å². The second kappa shape index (κ2) is 2.89. The molecule has 0 amide bonds. The molecule has 0 aliphatic heterocycles. The third kappa shape index (κ3) is 1.32. The van der Waals surface area contributed by atoms with Crippen molar-refractivity contribution >= 4 is 17.4 Å². The second-order valence-corrected chi connectivity index (χ2v) is 3.48. The molecule has 0 aromatic heterocycles. The summed E-state index contributed by atoms with van der Waals surface area (Å²) in [5.74, 6) is 0.00270. The molecule has 0 radical (unpaired) electrons. The van der Waals surface area contributed by atoms with Crippen LogP contribution in [-0.2, 0) is 4.79 Å². The maximum absolute atomic E-state index is 11.1. The van der Waals surface area contributed by atoms with Crippen LogP contribution in [-0.4, -0.2) is 22.4 Å². The second-order valence-electron chi connectivity index (χ2n) is 2.75. The minimum Gasteiger partial charge on any atom is -0.394 e. The normalized spacial score (nSPS) is 34.4. The number of carbonyl (C=O) groups is 1. The molecule has 1 aliphatic rings. The molecule has 1 unspecified atom stereocenters. The number of alkyl halides is 1. The average molecular weight is 163 g/mol. The molecule has 1 saturated carbocycles. The van der Waals surface area contributed by atoms with Gasteiger partial charge in [-0.25, -0.2) is 0 Å². The summed E-state index contributed by atoms with van der Waals surface area (Å²) in [6, 6.07) is 0. The lowest BCUT2D eigenvalue weighted by Gasteiger charge is -2.26. The first-order chi connectivity index (χ1) is 4.69. The molecular weight excluding hydrogens is 152 g/mol. The molecule has 0 heterocycles. The number of carbonyl (C=O) groups excluding carboxylic acids is 1. The van der Waals surface area contributed by atoms with E-state index in [1.54, 1.807) is 0 Å². The number of ketones is 1. The third-order valence-electron chi connectivity index (χ3n) is 1.98. The van der Waals surface area contributed by atoms with Gasteiger partial charge in [0.15, 0.2) is 5.78 Å². The van der Waals surface area contributed by atoms with Crippen LogP contribution >= 0.6 is 11.6 Å². The van der Waals surface area contributed by atoms with E-state index in [4.69, 9.17) is 16.7 Å². The molecule has 1 N–H and O–H groups in total. The first kappa shape index (κ1) is 8.02. The van der Waals surface area contributed by atoms with Crippen molar-refractivity contribution in [1.29, 1.82) is 0 Å². The standard InChI is InChI=1S/C7H11ClO2/c8-7(5-9)4-2-1-3-6(7)10/h9H,1-5H2. The topological polar surface area (TPSA) is 37.3 Å². The van der Waals surface area contributed by atoms with Crippen LogP contribution in [0.5, 0.6) is 0 Å². The summed E-state index contributed by atoms with van der Waals surface area (Å²) in [4.78, 5) is 10.1. The molecule has 1 atom stereocenters. The molecule has 1 rings (SSSR count). The molecule has 0 saturated heterocycles. The minimum atomic E-state index is -0.932. The summed E-state index contributed by atoms with van der Waals surface area (Å²) in [5, 5.41) is 8.77. The fourth-order valence-electron chi connectivity index (χ4n) is 1.22. The number of hydrogen-bond acceptors (Lipinski definition) is 2. The van der Waals surface area contributed by atoms with Crippen molar-refractivity contribution in [2.24, 2.45) is 0 Å². The highest BCUT2D eigenvalue weighted by molar-refractivity contribution is 6.35. The highest BCUT2D eigenvalue weighted by Gasteiger charge is 2.36. The SMILES string of the molecule is O=C1CCCCC1(Cl)CO. The van der Waals surface area contributed by atoms with Gasteiger partial charge >= 0.3 is 0 Å². The zero-order chi connectivity index (χ0) is 7.61. The molecule has 1 fully saturated rings. The van der Waals surface area contributed by atoms with Gasteiger partial charge in [-0.3, -0.25) is 4.79 Å². The predicted molar refractivity (Wildman–Crippen MR) is 39.1 cm³/mol. The van der Waals surface area contributed by atoms with E-state index in [-0.39, 0.29) is 12.4 Å². The van der Waals surface area contributed by atoms with Crippen molar-refractivity contribution in [3.05, 3.63) is 0 Å². The number of halogens is 1. The Morgan fingerprint density at radius 1 is 1.60 bits per heavy atom. The van der Waals surface area contributed by atoms with Crippen LogP contribution in [0.3, 0.4) is 0 Å². The Bertz CT molecular complexity index is 147. The van der Waals surface area contributed by atoms with Gasteiger partial charge in [-0.05, 0) is 12.8 Å². The zero-order valence-electron chi connectivity index (χ0n) is 5.77. The molecule has 2 nitrogen and oxygen atoms in total. The van der Waals surface area contributed by atoms with E-state index in [1.807, 2.05) is 0 Å². The summed E-state index contributed by atoms with van der Waals surface area (Å²) in [7, 11) is 0. The van der Waals surface area contributed by atoms with Gasteiger partial charge in [-0.15, -0.1) is 11.6 Å². The fourth-order valence-corrected chi connectivity index (χ4v) is 1.45. The number of aliphatic hydroxyl groups excluding tert-OH is 1. The molecule has 58 valence electrons. The molecular formula is C7H11ClO2. The van der Waals surface area contributed by atoms with E-state index < -0.39 is 4.87 Å². The average Bonchev–Trinajstić information content (AvgIpc) is 1.96. The lowest BCUT2D eigenvalue weighted by atomic mass is 9.88. The third-order valence-corrected chi connectivity index (χ3v) is 2.50. The lowest BCUT2D eigenvalue weighted by molar-refractivity contribution is -0.124. The Balaban J connectivity index is 2.63. The summed E-state index contributed by atoms with van der Waals surface area (Å²) in [6.45, 7) is -0.215. The van der Waals surface area contributed by atoms with Crippen molar-refractivity contribution in [2.45, 2.75) is 30.6 Å². The summed E-state index contributed by atoms with van der Waals surface area (Å²) >= 11 is 5.81. The van der Waals surface area contributed by atoms with Crippen molar-refractivity contribution < 1.29 is 9.90 Å². The fraction of sp³-hybridized carbons (Fsp3) is 0.857. The smallest absolute Gasteiger partial charge is 0.156 e. The molecule has 10 heavy (non-hydrogen) atoms. The van der Waals surface area contributed by atoms with Gasteiger partial charge in [0.2, 0.25) is 0 Å². The van der Waals surface area contributed by atoms with Crippen molar-refractivity contribution in [3.63, 3.8) is 0 Å². The monoisotopic (exact) mass is 162 g/mol. The molecule has 0 spiro atoms. The zero-order valence-corrected chi connectivity index (χ0v) is 6.52. The highest BCUT2D eigenvalue weighted by Crippen LogP contribution is 2.30. The van der Waals surface area contributed by atoms with Crippen molar-refractivity contribution in [3.8, 4) is 0 Å². The first-order valence-corrected chi connectivity index (χ1v) is 3.90.